The van der Waals surface area contributed by atoms with Crippen molar-refractivity contribution < 1.29 is 18.7 Å². The number of furan rings is 1. The number of carbonyl (C=O) groups is 1. The summed E-state index contributed by atoms with van der Waals surface area (Å²) in [7, 11) is 0. The van der Waals surface area contributed by atoms with E-state index in [1.165, 1.54) is 0 Å². The predicted molar refractivity (Wildman–Crippen MR) is 77.2 cm³/mol. The summed E-state index contributed by atoms with van der Waals surface area (Å²) in [5.41, 5.74) is 0.645. The Balaban J connectivity index is 1.74. The molecule has 1 aromatic rings. The first-order valence-electron chi connectivity index (χ1n) is 7.41. The largest absolute Gasteiger partial charge is 0.469 e. The van der Waals surface area contributed by atoms with Gasteiger partial charge in [0.1, 0.15) is 11.9 Å². The minimum absolute atomic E-state index is 0.0314. The van der Waals surface area contributed by atoms with Crippen molar-refractivity contribution in [2.45, 2.75) is 38.0 Å². The third kappa shape index (κ3) is 2.63. The molecule has 0 unspecified atom stereocenters. The van der Waals surface area contributed by atoms with E-state index in [4.69, 9.17) is 13.9 Å². The van der Waals surface area contributed by atoms with Crippen LogP contribution >= 0.6 is 0 Å². The van der Waals surface area contributed by atoms with E-state index in [0.717, 1.165) is 12.8 Å². The first-order chi connectivity index (χ1) is 10.2. The lowest BCUT2D eigenvalue weighted by molar-refractivity contribution is -0.100. The van der Waals surface area contributed by atoms with Gasteiger partial charge in [0.05, 0.1) is 37.2 Å². The lowest BCUT2D eigenvalue weighted by atomic mass is 10.1. The van der Waals surface area contributed by atoms with Gasteiger partial charge in [-0.25, -0.2) is 0 Å². The third-order valence-electron chi connectivity index (χ3n) is 4.31. The summed E-state index contributed by atoms with van der Waals surface area (Å²) in [6, 6.07) is 1.83. The topological polar surface area (TPSA) is 51.9 Å². The van der Waals surface area contributed by atoms with E-state index in [0.29, 0.717) is 31.1 Å². The van der Waals surface area contributed by atoms with E-state index in [-0.39, 0.29) is 24.2 Å². The van der Waals surface area contributed by atoms with Crippen molar-refractivity contribution in [2.75, 3.05) is 19.8 Å². The molecule has 3 rings (SSSR count). The fraction of sp³-hybridized carbons (Fsp3) is 0.562. The zero-order valence-electron chi connectivity index (χ0n) is 12.3. The molecular formula is C16H21NO4. The molecule has 5 nitrogen and oxygen atoms in total. The Labute approximate surface area is 124 Å². The zero-order chi connectivity index (χ0) is 14.8. The van der Waals surface area contributed by atoms with Crippen LogP contribution in [0.3, 0.4) is 0 Å². The number of ether oxygens (including phenoxy) is 2. The van der Waals surface area contributed by atoms with Gasteiger partial charge in [-0.2, -0.15) is 0 Å². The van der Waals surface area contributed by atoms with E-state index < -0.39 is 0 Å². The summed E-state index contributed by atoms with van der Waals surface area (Å²) >= 11 is 0. The van der Waals surface area contributed by atoms with E-state index in [1.807, 2.05) is 11.8 Å². The quantitative estimate of drug-likeness (QED) is 0.798. The minimum Gasteiger partial charge on any atom is -0.469 e. The summed E-state index contributed by atoms with van der Waals surface area (Å²) in [5.74, 6) is 0.699. The molecule has 0 bridgehead atoms. The summed E-state index contributed by atoms with van der Waals surface area (Å²) in [6.45, 7) is 7.18. The van der Waals surface area contributed by atoms with Crippen LogP contribution in [-0.2, 0) is 9.47 Å². The smallest absolute Gasteiger partial charge is 0.257 e. The highest BCUT2D eigenvalue weighted by Gasteiger charge is 2.45. The molecule has 1 saturated heterocycles. The maximum atomic E-state index is 12.7. The van der Waals surface area contributed by atoms with Gasteiger partial charge in [-0.15, -0.1) is 6.58 Å². The Bertz CT molecular complexity index is 524. The van der Waals surface area contributed by atoms with Crippen molar-refractivity contribution in [1.82, 2.24) is 4.90 Å². The van der Waals surface area contributed by atoms with E-state index in [2.05, 4.69) is 6.58 Å². The minimum atomic E-state index is -0.0325. The molecule has 0 aromatic carbocycles. The normalized spacial score (nSPS) is 28.4. The number of morpholine rings is 1. The molecule has 1 aromatic heterocycles. The van der Waals surface area contributed by atoms with Crippen molar-refractivity contribution in [1.29, 1.82) is 0 Å². The lowest BCUT2D eigenvalue weighted by Crippen LogP contribution is -2.53. The van der Waals surface area contributed by atoms with Crippen LogP contribution in [0.25, 0.3) is 0 Å². The number of nitrogens with zero attached hydrogens (tertiary/aromatic N) is 1. The van der Waals surface area contributed by atoms with Gasteiger partial charge in [0.2, 0.25) is 0 Å². The van der Waals surface area contributed by atoms with Gasteiger partial charge in [0.15, 0.2) is 0 Å². The second kappa shape index (κ2) is 6.03. The molecule has 114 valence electrons. The maximum absolute atomic E-state index is 12.7. The van der Waals surface area contributed by atoms with Crippen LogP contribution in [-0.4, -0.2) is 48.8 Å². The number of carbonyl (C=O) groups excluding carboxylic acids is 1. The van der Waals surface area contributed by atoms with Gasteiger partial charge >= 0.3 is 0 Å². The monoisotopic (exact) mass is 291 g/mol. The van der Waals surface area contributed by atoms with Crippen molar-refractivity contribution in [3.05, 3.63) is 36.3 Å². The lowest BCUT2D eigenvalue weighted by Gasteiger charge is -2.39. The standard InChI is InChI=1S/C16H21NO4/c1-3-8-20-14-5-4-13-15(14)21-10-7-17(13)16(18)12-6-9-19-11(12)2/h3,6,9,13-15H,1,4-5,7-8,10H2,2H3/t13-,14+,15+/m0/s1. The van der Waals surface area contributed by atoms with Crippen molar-refractivity contribution in [3.63, 3.8) is 0 Å². The van der Waals surface area contributed by atoms with E-state index in [1.54, 1.807) is 18.4 Å². The molecule has 0 radical (unpaired) electrons. The molecule has 2 fully saturated rings. The third-order valence-corrected chi connectivity index (χ3v) is 4.31. The van der Waals surface area contributed by atoms with E-state index >= 15 is 0 Å². The highest BCUT2D eigenvalue weighted by Crippen LogP contribution is 2.33. The second-order valence-corrected chi connectivity index (χ2v) is 5.53. The number of hydrogen-bond donors (Lipinski definition) is 0. The molecule has 21 heavy (non-hydrogen) atoms. The van der Waals surface area contributed by atoms with Crippen molar-refractivity contribution in [2.24, 2.45) is 0 Å². The Hall–Kier alpha value is -1.59. The predicted octanol–water partition coefficient (Wildman–Crippen LogP) is 2.16. The van der Waals surface area contributed by atoms with E-state index in [9.17, 15) is 4.79 Å². The first kappa shape index (κ1) is 14.4. The Kier molecular flexibility index (Phi) is 4.12. The average Bonchev–Trinajstić information content (AvgIpc) is 3.10. The van der Waals surface area contributed by atoms with Crippen LogP contribution in [0.2, 0.25) is 0 Å². The van der Waals surface area contributed by atoms with Crippen molar-refractivity contribution in [3.8, 4) is 0 Å². The van der Waals surface area contributed by atoms with Crippen molar-refractivity contribution >= 4 is 5.91 Å². The molecular weight excluding hydrogens is 270 g/mol. The summed E-state index contributed by atoms with van der Waals surface area (Å²) in [6.07, 6.45) is 5.15. The Morgan fingerprint density at radius 2 is 2.43 bits per heavy atom. The van der Waals surface area contributed by atoms with Gasteiger partial charge in [-0.3, -0.25) is 4.79 Å². The molecule has 1 aliphatic carbocycles. The molecule has 3 atom stereocenters. The zero-order valence-corrected chi connectivity index (χ0v) is 12.3. The van der Waals surface area contributed by atoms with Crippen LogP contribution < -0.4 is 0 Å². The molecule has 2 aliphatic rings. The number of fused-ring (bicyclic) bond motifs is 1. The maximum Gasteiger partial charge on any atom is 0.257 e. The highest BCUT2D eigenvalue weighted by atomic mass is 16.5. The highest BCUT2D eigenvalue weighted by molar-refractivity contribution is 5.95. The van der Waals surface area contributed by atoms with Crippen LogP contribution in [0.1, 0.15) is 29.0 Å². The summed E-state index contributed by atoms with van der Waals surface area (Å²) in [4.78, 5) is 14.6. The van der Waals surface area contributed by atoms with Gasteiger partial charge in [-0.1, -0.05) is 6.08 Å². The fourth-order valence-corrected chi connectivity index (χ4v) is 3.30. The number of hydrogen-bond acceptors (Lipinski definition) is 4. The number of rotatable bonds is 4. The van der Waals surface area contributed by atoms with Crippen LogP contribution in [0.5, 0.6) is 0 Å². The molecule has 1 saturated carbocycles. The summed E-state index contributed by atoms with van der Waals surface area (Å²) < 4.78 is 16.9. The molecule has 2 heterocycles. The molecule has 0 N–H and O–H groups in total. The van der Waals surface area contributed by atoms with Crippen LogP contribution in [0.4, 0.5) is 0 Å². The van der Waals surface area contributed by atoms with Gasteiger partial charge < -0.3 is 18.8 Å². The molecule has 0 spiro atoms. The SMILES string of the molecule is C=CCO[C@@H]1CC[C@H]2[C@H]1OCCN2C(=O)c1ccoc1C. The van der Waals surface area contributed by atoms with Gasteiger partial charge in [0.25, 0.3) is 5.91 Å². The Morgan fingerprint density at radius 1 is 1.57 bits per heavy atom. The Morgan fingerprint density at radius 3 is 3.14 bits per heavy atom. The molecule has 1 amide bonds. The first-order valence-corrected chi connectivity index (χ1v) is 7.41. The summed E-state index contributed by atoms with van der Waals surface area (Å²) in [5, 5.41) is 0. The van der Waals surface area contributed by atoms with Gasteiger partial charge in [0, 0.05) is 6.54 Å². The number of aryl methyl sites for hydroxylation is 1. The second-order valence-electron chi connectivity index (χ2n) is 5.53. The van der Waals surface area contributed by atoms with Gasteiger partial charge in [-0.05, 0) is 25.8 Å². The number of amides is 1. The average molecular weight is 291 g/mol. The molecule has 1 aliphatic heterocycles. The fourth-order valence-electron chi connectivity index (χ4n) is 3.30. The molecule has 5 heteroatoms. The van der Waals surface area contributed by atoms with Crippen LogP contribution in [0, 0.1) is 6.92 Å². The van der Waals surface area contributed by atoms with Crippen LogP contribution in [0.15, 0.2) is 29.4 Å².